The molecule has 5 rings (SSSR count). The van der Waals surface area contributed by atoms with Gasteiger partial charge in [-0.3, -0.25) is 0 Å². The highest BCUT2D eigenvalue weighted by atomic mass is 15.1. The van der Waals surface area contributed by atoms with Crippen LogP contribution in [0.3, 0.4) is 0 Å². The molecule has 2 aromatic carbocycles. The predicted molar refractivity (Wildman–Crippen MR) is 129 cm³/mol. The summed E-state index contributed by atoms with van der Waals surface area (Å²) in [5, 5.41) is 4.18. The Morgan fingerprint density at radius 3 is 2.20 bits per heavy atom. The van der Waals surface area contributed by atoms with E-state index in [0.717, 1.165) is 12.8 Å². The Morgan fingerprint density at radius 2 is 1.57 bits per heavy atom. The maximum atomic E-state index is 4.75. The molecule has 0 atom stereocenters. The van der Waals surface area contributed by atoms with Gasteiger partial charge in [-0.15, -0.1) is 0 Å². The van der Waals surface area contributed by atoms with E-state index in [1.807, 2.05) is 0 Å². The first kappa shape index (κ1) is 19.8. The van der Waals surface area contributed by atoms with Gasteiger partial charge >= 0.3 is 0 Å². The number of hydrogen-bond acceptors (Lipinski definition) is 0. The number of pyridine rings is 1. The molecule has 0 bridgehead atoms. The highest BCUT2D eigenvalue weighted by Gasteiger charge is 2.58. The average molecular weight is 399 g/mol. The SMILES string of the molecule is C=C1c2cc3c(c4ccc5ccc[n+](c5c24)C1(CC)CC)C(C)(C)C(C)(C)C3(C)C. The van der Waals surface area contributed by atoms with Crippen LogP contribution in [0.25, 0.3) is 27.2 Å². The van der Waals surface area contributed by atoms with Gasteiger partial charge in [-0.25, -0.2) is 0 Å². The van der Waals surface area contributed by atoms with Crippen LogP contribution in [-0.2, 0) is 16.4 Å². The molecular weight excluding hydrogens is 362 g/mol. The zero-order chi connectivity index (χ0) is 21.9. The van der Waals surface area contributed by atoms with E-state index in [0.29, 0.717) is 0 Å². The van der Waals surface area contributed by atoms with Gasteiger partial charge in [-0.2, -0.15) is 4.57 Å². The quantitative estimate of drug-likeness (QED) is 0.312. The molecule has 0 saturated carbocycles. The number of rotatable bonds is 2. The minimum atomic E-state index is -0.0528. The molecule has 156 valence electrons. The molecule has 1 aromatic heterocycles. The number of aromatic nitrogens is 1. The lowest BCUT2D eigenvalue weighted by molar-refractivity contribution is -0.727. The molecule has 0 fully saturated rings. The van der Waals surface area contributed by atoms with Crippen molar-refractivity contribution in [2.75, 3.05) is 0 Å². The Balaban J connectivity index is 2.07. The van der Waals surface area contributed by atoms with Gasteiger partial charge in [0.05, 0.1) is 5.39 Å². The maximum absolute atomic E-state index is 4.75. The van der Waals surface area contributed by atoms with E-state index >= 15 is 0 Å². The Labute approximate surface area is 181 Å². The van der Waals surface area contributed by atoms with Crippen LogP contribution < -0.4 is 4.57 Å². The molecule has 1 nitrogen and oxygen atoms in total. The van der Waals surface area contributed by atoms with E-state index in [4.69, 9.17) is 6.58 Å². The van der Waals surface area contributed by atoms with E-state index in [-0.39, 0.29) is 21.8 Å². The van der Waals surface area contributed by atoms with E-state index < -0.39 is 0 Å². The number of hydrogen-bond donors (Lipinski definition) is 0. The second-order valence-electron chi connectivity index (χ2n) is 11.2. The van der Waals surface area contributed by atoms with Crippen molar-refractivity contribution in [1.82, 2.24) is 0 Å². The summed E-state index contributed by atoms with van der Waals surface area (Å²) in [5.41, 5.74) is 7.40. The van der Waals surface area contributed by atoms with Gasteiger partial charge in [0.25, 0.3) is 0 Å². The molecule has 3 aromatic rings. The smallest absolute Gasteiger partial charge is 0.188 e. The predicted octanol–water partition coefficient (Wildman–Crippen LogP) is 7.42. The highest BCUT2D eigenvalue weighted by molar-refractivity contribution is 6.12. The maximum Gasteiger partial charge on any atom is 0.221 e. The van der Waals surface area contributed by atoms with Crippen LogP contribution in [0.1, 0.15) is 84.9 Å². The molecule has 2 aliphatic rings. The summed E-state index contributed by atoms with van der Waals surface area (Å²) in [6.07, 6.45) is 4.40. The van der Waals surface area contributed by atoms with E-state index in [2.05, 4.69) is 96.5 Å². The zero-order valence-electron chi connectivity index (χ0n) is 20.0. The average Bonchev–Trinajstić information content (AvgIpc) is 2.82. The molecule has 2 heterocycles. The molecule has 1 aliphatic carbocycles. The van der Waals surface area contributed by atoms with Crippen molar-refractivity contribution in [2.24, 2.45) is 5.41 Å². The molecule has 30 heavy (non-hydrogen) atoms. The fraction of sp³-hybridized carbons (Fsp3) is 0.483. The third-order valence-electron chi connectivity index (χ3n) is 10.00. The summed E-state index contributed by atoms with van der Waals surface area (Å²) in [5.74, 6) is 0. The molecule has 1 aliphatic heterocycles. The van der Waals surface area contributed by atoms with Crippen molar-refractivity contribution in [3.8, 4) is 0 Å². The van der Waals surface area contributed by atoms with Gasteiger partial charge in [0.1, 0.15) is 0 Å². The zero-order valence-corrected chi connectivity index (χ0v) is 20.0. The first-order valence-electron chi connectivity index (χ1n) is 11.6. The molecule has 0 radical (unpaired) electrons. The fourth-order valence-corrected chi connectivity index (χ4v) is 6.83. The van der Waals surface area contributed by atoms with Gasteiger partial charge < -0.3 is 0 Å². The first-order chi connectivity index (χ1) is 14.0. The van der Waals surface area contributed by atoms with Gasteiger partial charge in [0, 0.05) is 29.9 Å². The van der Waals surface area contributed by atoms with Gasteiger partial charge in [-0.05, 0) is 56.5 Å². The summed E-state index contributed by atoms with van der Waals surface area (Å²) in [4.78, 5) is 0. The standard InChI is InChI=1S/C29H36N/c1-10-29(11-2)18(3)21-17-22-24(27(6,7)28(8,9)26(22,4)5)20-15-14-19-13-12-16-30(29)25(19)23(20)21/h12-17H,3,10-11H2,1-2,4-9H3/q+1. The van der Waals surface area contributed by atoms with Crippen LogP contribution in [0.4, 0.5) is 0 Å². The van der Waals surface area contributed by atoms with Crippen LogP contribution >= 0.6 is 0 Å². The van der Waals surface area contributed by atoms with Crippen molar-refractivity contribution in [1.29, 1.82) is 0 Å². The number of allylic oxidation sites excluding steroid dienone is 1. The third kappa shape index (κ3) is 1.85. The van der Waals surface area contributed by atoms with Crippen LogP contribution in [-0.4, -0.2) is 0 Å². The lowest BCUT2D eigenvalue weighted by atomic mass is 9.59. The summed E-state index contributed by atoms with van der Waals surface area (Å²) >= 11 is 0. The minimum Gasteiger partial charge on any atom is -0.188 e. The van der Waals surface area contributed by atoms with Crippen molar-refractivity contribution in [3.63, 3.8) is 0 Å². The number of nitrogens with zero attached hydrogens (tertiary/aromatic N) is 1. The topological polar surface area (TPSA) is 3.88 Å². The number of fused-ring (bicyclic) bond motifs is 2. The van der Waals surface area contributed by atoms with Crippen LogP contribution in [0.2, 0.25) is 0 Å². The Morgan fingerprint density at radius 1 is 0.900 bits per heavy atom. The van der Waals surface area contributed by atoms with Crippen LogP contribution in [0, 0.1) is 5.41 Å². The Kier molecular flexibility index (Phi) is 3.66. The second kappa shape index (κ2) is 5.55. The lowest BCUT2D eigenvalue weighted by Crippen LogP contribution is -2.58. The lowest BCUT2D eigenvalue weighted by Gasteiger charge is -2.44. The van der Waals surface area contributed by atoms with E-state index in [9.17, 15) is 0 Å². The van der Waals surface area contributed by atoms with Gasteiger partial charge in [0.15, 0.2) is 11.7 Å². The summed E-state index contributed by atoms with van der Waals surface area (Å²) < 4.78 is 2.55. The Bertz CT molecular complexity index is 1250. The van der Waals surface area contributed by atoms with Crippen LogP contribution in [0.5, 0.6) is 0 Å². The van der Waals surface area contributed by atoms with Crippen molar-refractivity contribution >= 4 is 27.2 Å². The van der Waals surface area contributed by atoms with Crippen LogP contribution in [0.15, 0.2) is 43.1 Å². The van der Waals surface area contributed by atoms with Gasteiger partial charge in [0.2, 0.25) is 5.52 Å². The molecule has 0 spiro atoms. The fourth-order valence-electron chi connectivity index (χ4n) is 6.83. The minimum absolute atomic E-state index is 0.0528. The summed E-state index contributed by atoms with van der Waals surface area (Å²) in [6, 6.07) is 11.7. The Hall–Kier alpha value is -2.15. The molecule has 0 N–H and O–H groups in total. The molecule has 1 heteroatoms. The van der Waals surface area contributed by atoms with Gasteiger partial charge in [-0.1, -0.05) is 68.0 Å². The molecule has 0 amide bonds. The van der Waals surface area contributed by atoms with Crippen molar-refractivity contribution in [3.05, 3.63) is 59.8 Å². The van der Waals surface area contributed by atoms with Crippen molar-refractivity contribution < 1.29 is 4.57 Å². The van der Waals surface area contributed by atoms with E-state index in [1.54, 1.807) is 5.56 Å². The van der Waals surface area contributed by atoms with E-state index in [1.165, 1.54) is 38.4 Å². The highest BCUT2D eigenvalue weighted by Crippen LogP contribution is 2.64. The second-order valence-corrected chi connectivity index (χ2v) is 11.2. The molecular formula is C29H36N+. The first-order valence-corrected chi connectivity index (χ1v) is 11.6. The normalized spacial score (nSPS) is 22.1. The largest absolute Gasteiger partial charge is 0.221 e. The van der Waals surface area contributed by atoms with Crippen molar-refractivity contribution in [2.45, 2.75) is 84.6 Å². The summed E-state index contributed by atoms with van der Waals surface area (Å²) in [6.45, 7) is 24.1. The summed E-state index contributed by atoms with van der Waals surface area (Å²) in [7, 11) is 0. The monoisotopic (exact) mass is 398 g/mol. The third-order valence-corrected chi connectivity index (χ3v) is 10.00. The number of benzene rings is 2. The molecule has 0 saturated heterocycles. The molecule has 0 unspecified atom stereocenters.